The molecule has 0 bridgehead atoms. The highest BCUT2D eigenvalue weighted by Crippen LogP contribution is 2.32. The van der Waals surface area contributed by atoms with Crippen LogP contribution < -0.4 is 4.74 Å². The number of nitrogens with one attached hydrogen (secondary N) is 1. The summed E-state index contributed by atoms with van der Waals surface area (Å²) in [6, 6.07) is 10.7. The van der Waals surface area contributed by atoms with Gasteiger partial charge in [0.15, 0.2) is 5.78 Å². The molecule has 0 saturated heterocycles. The third-order valence-corrected chi connectivity index (χ3v) is 4.14. The Bertz CT molecular complexity index is 1030. The lowest BCUT2D eigenvalue weighted by Crippen LogP contribution is -2.07. The molecule has 0 atom stereocenters. The second-order valence-electron chi connectivity index (χ2n) is 5.91. The normalized spacial score (nSPS) is 11.1. The van der Waals surface area contributed by atoms with Crippen molar-refractivity contribution in [1.82, 2.24) is 10.2 Å². The Balaban J connectivity index is 2.04. The molecule has 1 aromatic heterocycles. The first kappa shape index (κ1) is 18.4. The van der Waals surface area contributed by atoms with Gasteiger partial charge in [-0.3, -0.25) is 9.89 Å². The molecule has 0 fully saturated rings. The maximum absolute atomic E-state index is 12.2. The van der Waals surface area contributed by atoms with E-state index >= 15 is 0 Å². The molecule has 3 aromatic rings. The fourth-order valence-corrected chi connectivity index (χ4v) is 2.85. The summed E-state index contributed by atoms with van der Waals surface area (Å²) >= 11 is 0. The van der Waals surface area contributed by atoms with E-state index in [4.69, 9.17) is 9.47 Å². The van der Waals surface area contributed by atoms with E-state index in [0.717, 1.165) is 11.1 Å². The van der Waals surface area contributed by atoms with Crippen molar-refractivity contribution in [3.63, 3.8) is 0 Å². The number of carbonyl (C=O) groups excluding carboxylic acids is 2. The third-order valence-electron chi connectivity index (χ3n) is 4.14. The first-order valence-corrected chi connectivity index (χ1v) is 8.56. The van der Waals surface area contributed by atoms with Crippen LogP contribution in [-0.4, -0.2) is 35.7 Å². The van der Waals surface area contributed by atoms with Gasteiger partial charge in [-0.1, -0.05) is 24.3 Å². The number of fused-ring (bicyclic) bond motifs is 1. The molecule has 0 aliphatic carbocycles. The van der Waals surface area contributed by atoms with Gasteiger partial charge in [0.05, 0.1) is 30.3 Å². The number of methoxy groups -OCH3 is 1. The summed E-state index contributed by atoms with van der Waals surface area (Å²) in [5.74, 6) is -0.0189. The summed E-state index contributed by atoms with van der Waals surface area (Å²) in [5, 5.41) is 7.95. The number of Topliss-reactive ketones (excluding diaryl/α,β-unsaturated/α-hetero) is 1. The number of hydrogen-bond acceptors (Lipinski definition) is 5. The standard InChI is InChI=1S/C21H20N2O4/c1-4-27-21(25)16-9-11-18-19(20(16)26-3)17(22-23-18)10-8-14-6-5-7-15(12-14)13(2)24/h5-12H,4H2,1-3H3,(H,22,23). The number of ketones is 1. The number of nitrogens with zero attached hydrogens (tertiary/aromatic N) is 1. The Labute approximate surface area is 156 Å². The average molecular weight is 364 g/mol. The molecule has 3 rings (SSSR count). The number of aromatic nitrogens is 2. The van der Waals surface area contributed by atoms with E-state index < -0.39 is 5.97 Å². The topological polar surface area (TPSA) is 81.3 Å². The summed E-state index contributed by atoms with van der Waals surface area (Å²) in [7, 11) is 1.51. The molecular formula is C21H20N2O4. The van der Waals surface area contributed by atoms with Crippen LogP contribution in [0.3, 0.4) is 0 Å². The molecule has 2 aromatic carbocycles. The quantitative estimate of drug-likeness (QED) is 0.525. The van der Waals surface area contributed by atoms with Crippen LogP contribution >= 0.6 is 0 Å². The van der Waals surface area contributed by atoms with Crippen LogP contribution in [0.5, 0.6) is 5.75 Å². The summed E-state index contributed by atoms with van der Waals surface area (Å²) in [6.07, 6.45) is 3.67. The van der Waals surface area contributed by atoms with E-state index in [2.05, 4.69) is 10.2 Å². The average Bonchev–Trinajstić information content (AvgIpc) is 3.09. The molecule has 27 heavy (non-hydrogen) atoms. The number of carbonyl (C=O) groups is 2. The minimum absolute atomic E-state index is 0.0104. The summed E-state index contributed by atoms with van der Waals surface area (Å²) in [5.41, 5.74) is 3.24. The van der Waals surface area contributed by atoms with Crippen LogP contribution in [0.15, 0.2) is 36.4 Å². The predicted molar refractivity (Wildman–Crippen MR) is 104 cm³/mol. The van der Waals surface area contributed by atoms with Gasteiger partial charge in [-0.05, 0) is 43.7 Å². The van der Waals surface area contributed by atoms with Crippen molar-refractivity contribution in [1.29, 1.82) is 0 Å². The Hall–Kier alpha value is -3.41. The minimum atomic E-state index is -0.443. The highest BCUT2D eigenvalue weighted by molar-refractivity contribution is 6.03. The van der Waals surface area contributed by atoms with E-state index in [1.165, 1.54) is 14.0 Å². The zero-order valence-electron chi connectivity index (χ0n) is 15.4. The van der Waals surface area contributed by atoms with Crippen LogP contribution in [0.2, 0.25) is 0 Å². The van der Waals surface area contributed by atoms with E-state index in [-0.39, 0.29) is 12.4 Å². The molecule has 0 unspecified atom stereocenters. The summed E-state index contributed by atoms with van der Waals surface area (Å²) in [4.78, 5) is 23.7. The molecule has 0 spiro atoms. The van der Waals surface area contributed by atoms with Crippen molar-refractivity contribution >= 4 is 34.8 Å². The van der Waals surface area contributed by atoms with Crippen molar-refractivity contribution in [3.8, 4) is 5.75 Å². The van der Waals surface area contributed by atoms with E-state index in [0.29, 0.717) is 28.0 Å². The molecular weight excluding hydrogens is 344 g/mol. The number of ether oxygens (including phenoxy) is 2. The Morgan fingerprint density at radius 1 is 1.19 bits per heavy atom. The molecule has 6 heteroatoms. The number of rotatable bonds is 6. The van der Waals surface area contributed by atoms with Gasteiger partial charge in [0, 0.05) is 5.56 Å². The van der Waals surface area contributed by atoms with Gasteiger partial charge < -0.3 is 9.47 Å². The molecule has 1 N–H and O–H groups in total. The number of benzene rings is 2. The van der Waals surface area contributed by atoms with Crippen molar-refractivity contribution < 1.29 is 19.1 Å². The predicted octanol–water partition coefficient (Wildman–Crippen LogP) is 4.12. The summed E-state index contributed by atoms with van der Waals surface area (Å²) in [6.45, 7) is 3.57. The van der Waals surface area contributed by atoms with Crippen molar-refractivity contribution in [2.45, 2.75) is 13.8 Å². The lowest BCUT2D eigenvalue weighted by atomic mass is 10.1. The number of hydrogen-bond donors (Lipinski definition) is 1. The smallest absolute Gasteiger partial charge is 0.341 e. The van der Waals surface area contributed by atoms with E-state index in [1.54, 1.807) is 25.1 Å². The van der Waals surface area contributed by atoms with Gasteiger partial charge in [0.2, 0.25) is 0 Å². The zero-order chi connectivity index (χ0) is 19.4. The highest BCUT2D eigenvalue weighted by Gasteiger charge is 2.19. The lowest BCUT2D eigenvalue weighted by molar-refractivity contribution is 0.0523. The highest BCUT2D eigenvalue weighted by atomic mass is 16.5. The summed E-state index contributed by atoms with van der Waals surface area (Å²) < 4.78 is 10.6. The number of esters is 1. The van der Waals surface area contributed by atoms with Gasteiger partial charge in [-0.15, -0.1) is 0 Å². The van der Waals surface area contributed by atoms with Gasteiger partial charge in [-0.25, -0.2) is 4.79 Å². The minimum Gasteiger partial charge on any atom is -0.495 e. The van der Waals surface area contributed by atoms with Crippen molar-refractivity contribution in [3.05, 3.63) is 58.8 Å². The molecule has 0 aliphatic heterocycles. The number of H-pyrrole nitrogens is 1. The van der Waals surface area contributed by atoms with Crippen LogP contribution in [0.25, 0.3) is 23.1 Å². The fourth-order valence-electron chi connectivity index (χ4n) is 2.85. The van der Waals surface area contributed by atoms with Gasteiger partial charge in [0.25, 0.3) is 0 Å². The molecule has 0 amide bonds. The van der Waals surface area contributed by atoms with Crippen LogP contribution in [0, 0.1) is 0 Å². The molecule has 0 saturated carbocycles. The molecule has 0 aliphatic rings. The van der Waals surface area contributed by atoms with E-state index in [9.17, 15) is 9.59 Å². The maximum atomic E-state index is 12.2. The molecule has 138 valence electrons. The van der Waals surface area contributed by atoms with Gasteiger partial charge in [0.1, 0.15) is 11.3 Å². The van der Waals surface area contributed by atoms with Crippen molar-refractivity contribution in [2.24, 2.45) is 0 Å². The second-order valence-corrected chi connectivity index (χ2v) is 5.91. The third kappa shape index (κ3) is 3.74. The monoisotopic (exact) mass is 364 g/mol. The van der Waals surface area contributed by atoms with Crippen LogP contribution in [0.4, 0.5) is 0 Å². The van der Waals surface area contributed by atoms with Crippen LogP contribution in [0.1, 0.15) is 45.8 Å². The van der Waals surface area contributed by atoms with Gasteiger partial charge in [-0.2, -0.15) is 5.10 Å². The molecule has 6 nitrogen and oxygen atoms in total. The van der Waals surface area contributed by atoms with E-state index in [1.807, 2.05) is 30.4 Å². The zero-order valence-corrected chi connectivity index (χ0v) is 15.4. The maximum Gasteiger partial charge on any atom is 0.341 e. The first-order chi connectivity index (χ1) is 13.0. The lowest BCUT2D eigenvalue weighted by Gasteiger charge is -2.09. The molecule has 1 heterocycles. The van der Waals surface area contributed by atoms with Gasteiger partial charge >= 0.3 is 5.97 Å². The second kappa shape index (κ2) is 7.86. The number of aromatic amines is 1. The Kier molecular flexibility index (Phi) is 5.35. The largest absolute Gasteiger partial charge is 0.495 e. The SMILES string of the molecule is CCOC(=O)c1ccc2[nH]nc(C=Cc3cccc(C(C)=O)c3)c2c1OC. The van der Waals surface area contributed by atoms with Crippen LogP contribution in [-0.2, 0) is 4.74 Å². The van der Waals surface area contributed by atoms with Crippen molar-refractivity contribution in [2.75, 3.05) is 13.7 Å². The molecule has 0 radical (unpaired) electrons. The fraction of sp³-hybridized carbons (Fsp3) is 0.190. The Morgan fingerprint density at radius 3 is 2.70 bits per heavy atom. The first-order valence-electron chi connectivity index (χ1n) is 8.56. The Morgan fingerprint density at radius 2 is 2.00 bits per heavy atom.